The number of carboxylic acids is 1. The number of hydrogen-bond acceptors (Lipinski definition) is 4. The monoisotopic (exact) mass is 239 g/mol. The van der Waals surface area contributed by atoms with E-state index in [1.807, 2.05) is 0 Å². The van der Waals surface area contributed by atoms with Crippen LogP contribution in [0.25, 0.3) is 0 Å². The maximum atomic E-state index is 12.0. The number of likely N-dealkylation sites (tertiary alicyclic amines) is 1. The number of aryl methyl sites for hydroxylation is 1. The van der Waals surface area contributed by atoms with E-state index < -0.39 is 24.0 Å². The standard InChI is InChI=1S/C10H13N3O4/c1-12-3-2-7(11-12)9(15)13-5-6(14)4-8(13)10(16)17/h2-3,6,8,14H,4-5H2,1H3,(H,16,17). The molecule has 17 heavy (non-hydrogen) atoms. The normalized spacial score (nSPS) is 24.0. The number of aliphatic hydroxyl groups excluding tert-OH is 1. The number of aromatic nitrogens is 2. The molecule has 1 saturated heterocycles. The van der Waals surface area contributed by atoms with Crippen LogP contribution < -0.4 is 0 Å². The summed E-state index contributed by atoms with van der Waals surface area (Å²) in [4.78, 5) is 24.1. The van der Waals surface area contributed by atoms with E-state index in [2.05, 4.69) is 5.10 Å². The van der Waals surface area contributed by atoms with Gasteiger partial charge in [0.1, 0.15) is 11.7 Å². The van der Waals surface area contributed by atoms with Crippen LogP contribution in [0.5, 0.6) is 0 Å². The minimum atomic E-state index is -1.11. The number of carboxylic acid groups (broad SMARTS) is 1. The minimum absolute atomic E-state index is 0.0341. The molecule has 7 nitrogen and oxygen atoms in total. The van der Waals surface area contributed by atoms with E-state index in [9.17, 15) is 14.7 Å². The molecule has 2 unspecified atom stereocenters. The van der Waals surface area contributed by atoms with Crippen LogP contribution in [-0.2, 0) is 11.8 Å². The van der Waals surface area contributed by atoms with Gasteiger partial charge in [-0.3, -0.25) is 9.48 Å². The molecule has 0 aromatic carbocycles. The number of rotatable bonds is 2. The van der Waals surface area contributed by atoms with Gasteiger partial charge in [0.2, 0.25) is 0 Å². The van der Waals surface area contributed by atoms with Gasteiger partial charge in [-0.25, -0.2) is 4.79 Å². The fraction of sp³-hybridized carbons (Fsp3) is 0.500. The molecule has 1 aliphatic rings. The predicted octanol–water partition coefficient (Wildman–Crippen LogP) is -0.920. The highest BCUT2D eigenvalue weighted by Gasteiger charge is 2.39. The number of hydrogen-bond donors (Lipinski definition) is 2. The van der Waals surface area contributed by atoms with Crippen molar-refractivity contribution in [2.24, 2.45) is 7.05 Å². The first-order chi connectivity index (χ1) is 7.99. The quantitative estimate of drug-likeness (QED) is 0.696. The number of amides is 1. The molecule has 2 N–H and O–H groups in total. The summed E-state index contributed by atoms with van der Waals surface area (Å²) < 4.78 is 1.47. The van der Waals surface area contributed by atoms with Crippen molar-refractivity contribution in [3.63, 3.8) is 0 Å². The molecule has 0 radical (unpaired) electrons. The molecule has 0 spiro atoms. The van der Waals surface area contributed by atoms with Crippen LogP contribution >= 0.6 is 0 Å². The number of aliphatic hydroxyl groups is 1. The molecule has 1 aromatic heterocycles. The van der Waals surface area contributed by atoms with E-state index in [0.717, 1.165) is 4.90 Å². The topological polar surface area (TPSA) is 95.7 Å². The third-order valence-corrected chi connectivity index (χ3v) is 2.76. The van der Waals surface area contributed by atoms with Gasteiger partial charge in [0.15, 0.2) is 0 Å². The highest BCUT2D eigenvalue weighted by Crippen LogP contribution is 2.20. The number of β-amino-alcohol motifs (C(OH)–C–C–N with tert-alkyl or cyclic N) is 1. The van der Waals surface area contributed by atoms with E-state index >= 15 is 0 Å². The lowest BCUT2D eigenvalue weighted by Gasteiger charge is -2.19. The van der Waals surface area contributed by atoms with Crippen LogP contribution in [0.1, 0.15) is 16.9 Å². The Morgan fingerprint density at radius 1 is 1.53 bits per heavy atom. The maximum absolute atomic E-state index is 12.0. The number of aliphatic carboxylic acids is 1. The van der Waals surface area contributed by atoms with Gasteiger partial charge in [0.05, 0.1) is 6.10 Å². The van der Waals surface area contributed by atoms with Crippen molar-refractivity contribution < 1.29 is 19.8 Å². The first kappa shape index (κ1) is 11.6. The van der Waals surface area contributed by atoms with Crippen molar-refractivity contribution in [1.82, 2.24) is 14.7 Å². The molecule has 1 amide bonds. The van der Waals surface area contributed by atoms with Crippen LogP contribution in [0.4, 0.5) is 0 Å². The highest BCUT2D eigenvalue weighted by atomic mass is 16.4. The lowest BCUT2D eigenvalue weighted by atomic mass is 10.2. The molecule has 2 heterocycles. The molecular weight excluding hydrogens is 226 g/mol. The van der Waals surface area contributed by atoms with Crippen LogP contribution in [0.3, 0.4) is 0 Å². The van der Waals surface area contributed by atoms with Crippen LogP contribution in [0.2, 0.25) is 0 Å². The molecule has 1 fully saturated rings. The van der Waals surface area contributed by atoms with Crippen molar-refractivity contribution in [2.75, 3.05) is 6.54 Å². The summed E-state index contributed by atoms with van der Waals surface area (Å²) in [5.41, 5.74) is 0.188. The fourth-order valence-corrected chi connectivity index (χ4v) is 1.95. The largest absolute Gasteiger partial charge is 0.480 e. The Kier molecular flexibility index (Phi) is 2.84. The van der Waals surface area contributed by atoms with Gasteiger partial charge in [-0.2, -0.15) is 5.10 Å². The van der Waals surface area contributed by atoms with Gasteiger partial charge >= 0.3 is 5.97 Å². The molecule has 7 heteroatoms. The molecule has 0 bridgehead atoms. The lowest BCUT2D eigenvalue weighted by molar-refractivity contribution is -0.141. The van der Waals surface area contributed by atoms with Crippen molar-refractivity contribution in [1.29, 1.82) is 0 Å². The fourth-order valence-electron chi connectivity index (χ4n) is 1.95. The zero-order chi connectivity index (χ0) is 12.6. The Balaban J connectivity index is 2.21. The average Bonchev–Trinajstić information content (AvgIpc) is 2.83. The highest BCUT2D eigenvalue weighted by molar-refractivity contribution is 5.95. The SMILES string of the molecule is Cn1ccc(C(=O)N2CC(O)CC2C(=O)O)n1. The minimum Gasteiger partial charge on any atom is -0.480 e. The number of carbonyl (C=O) groups excluding carboxylic acids is 1. The van der Waals surface area contributed by atoms with Crippen LogP contribution in [-0.4, -0.2) is 55.5 Å². The Morgan fingerprint density at radius 2 is 2.24 bits per heavy atom. The van der Waals surface area contributed by atoms with E-state index in [1.165, 1.54) is 10.7 Å². The van der Waals surface area contributed by atoms with Crippen molar-refractivity contribution >= 4 is 11.9 Å². The summed E-state index contributed by atoms with van der Waals surface area (Å²) in [6.45, 7) is 0.0341. The lowest BCUT2D eigenvalue weighted by Crippen LogP contribution is -2.40. The molecule has 2 atom stereocenters. The third-order valence-electron chi connectivity index (χ3n) is 2.76. The molecular formula is C10H13N3O4. The summed E-state index contributed by atoms with van der Waals surface area (Å²) in [6, 6.07) is 0.547. The zero-order valence-corrected chi connectivity index (χ0v) is 9.28. The second-order valence-electron chi connectivity index (χ2n) is 4.08. The molecule has 0 aliphatic carbocycles. The Bertz CT molecular complexity index is 456. The van der Waals surface area contributed by atoms with Crippen molar-refractivity contribution in [3.8, 4) is 0 Å². The van der Waals surface area contributed by atoms with Crippen LogP contribution in [0, 0.1) is 0 Å². The Morgan fingerprint density at radius 3 is 2.76 bits per heavy atom. The summed E-state index contributed by atoms with van der Waals surface area (Å²) in [5.74, 6) is -1.57. The molecule has 0 saturated carbocycles. The number of carbonyl (C=O) groups is 2. The Hall–Kier alpha value is -1.89. The van der Waals surface area contributed by atoms with Gasteiger partial charge in [0.25, 0.3) is 5.91 Å². The van der Waals surface area contributed by atoms with Gasteiger partial charge in [-0.05, 0) is 6.07 Å². The predicted molar refractivity (Wildman–Crippen MR) is 56.3 cm³/mol. The average molecular weight is 239 g/mol. The van der Waals surface area contributed by atoms with Crippen LogP contribution in [0.15, 0.2) is 12.3 Å². The van der Waals surface area contributed by atoms with E-state index in [-0.39, 0.29) is 18.7 Å². The van der Waals surface area contributed by atoms with Gasteiger partial charge < -0.3 is 15.1 Å². The summed E-state index contributed by atoms with van der Waals surface area (Å²) in [6.07, 6.45) is 0.882. The summed E-state index contributed by atoms with van der Waals surface area (Å²) in [7, 11) is 1.67. The molecule has 2 rings (SSSR count). The van der Waals surface area contributed by atoms with E-state index in [0.29, 0.717) is 0 Å². The smallest absolute Gasteiger partial charge is 0.326 e. The van der Waals surface area contributed by atoms with Gasteiger partial charge in [-0.1, -0.05) is 0 Å². The first-order valence-corrected chi connectivity index (χ1v) is 5.20. The number of nitrogens with zero attached hydrogens (tertiary/aromatic N) is 3. The molecule has 1 aliphatic heterocycles. The summed E-state index contributed by atoms with van der Waals surface area (Å²) >= 11 is 0. The van der Waals surface area contributed by atoms with Crippen molar-refractivity contribution in [3.05, 3.63) is 18.0 Å². The third kappa shape index (κ3) is 2.14. The van der Waals surface area contributed by atoms with Gasteiger partial charge in [0, 0.05) is 26.2 Å². The maximum Gasteiger partial charge on any atom is 0.326 e. The Labute approximate surface area is 97.3 Å². The second kappa shape index (κ2) is 4.17. The molecule has 92 valence electrons. The zero-order valence-electron chi connectivity index (χ0n) is 9.28. The second-order valence-corrected chi connectivity index (χ2v) is 4.08. The van der Waals surface area contributed by atoms with Crippen molar-refractivity contribution in [2.45, 2.75) is 18.6 Å². The van der Waals surface area contributed by atoms with E-state index in [1.54, 1.807) is 13.2 Å². The van der Waals surface area contributed by atoms with Gasteiger partial charge in [-0.15, -0.1) is 0 Å². The first-order valence-electron chi connectivity index (χ1n) is 5.20. The summed E-state index contributed by atoms with van der Waals surface area (Å²) in [5, 5.41) is 22.3. The van der Waals surface area contributed by atoms with E-state index in [4.69, 9.17) is 5.11 Å². The molecule has 1 aromatic rings.